The quantitative estimate of drug-likeness (QED) is 0.457. The fourth-order valence-corrected chi connectivity index (χ4v) is 3.56. The number of thioether (sulfide) groups is 1. The third-order valence-corrected chi connectivity index (χ3v) is 5.28. The molecule has 4 rings (SSSR count). The molecule has 0 bridgehead atoms. The second kappa shape index (κ2) is 7.73. The third kappa shape index (κ3) is 3.93. The van der Waals surface area contributed by atoms with Crippen molar-refractivity contribution in [1.82, 2.24) is 19.4 Å². The molecule has 28 heavy (non-hydrogen) atoms. The molecule has 2 heterocycles. The summed E-state index contributed by atoms with van der Waals surface area (Å²) in [5, 5.41) is 9.86. The van der Waals surface area contributed by atoms with Crippen molar-refractivity contribution in [3.8, 4) is 0 Å². The second-order valence-corrected chi connectivity index (χ2v) is 7.48. The average Bonchev–Trinajstić information content (AvgIpc) is 2.99. The number of rotatable bonds is 5. The highest BCUT2D eigenvalue weighted by atomic mass is 35.5. The Hall–Kier alpha value is -2.71. The highest BCUT2D eigenvalue weighted by molar-refractivity contribution is 7.98. The van der Waals surface area contributed by atoms with Crippen molar-refractivity contribution in [3.05, 3.63) is 92.9 Å². The highest BCUT2D eigenvalue weighted by Gasteiger charge is 2.11. The predicted octanol–water partition coefficient (Wildman–Crippen LogP) is 4.16. The van der Waals surface area contributed by atoms with Crippen molar-refractivity contribution in [2.24, 2.45) is 0 Å². The molecule has 0 aliphatic heterocycles. The Morgan fingerprint density at radius 3 is 2.43 bits per heavy atom. The zero-order chi connectivity index (χ0) is 19.7. The van der Waals surface area contributed by atoms with E-state index < -0.39 is 17.3 Å². The van der Waals surface area contributed by atoms with E-state index in [2.05, 4.69) is 10.2 Å². The second-order valence-electron chi connectivity index (χ2n) is 6.05. The van der Waals surface area contributed by atoms with Gasteiger partial charge in [0.25, 0.3) is 0 Å². The lowest BCUT2D eigenvalue weighted by atomic mass is 10.2. The largest absolute Gasteiger partial charge is 0.367 e. The molecule has 0 aliphatic carbocycles. The average molecular weight is 419 g/mol. The number of nitrogens with zero attached hydrogens (tertiary/aromatic N) is 4. The SMILES string of the molecule is O=c1n(Cc2ccc(F)c(F)c2)nc2ccc(SCc3ccc(Cl)cc3)nn12. The first kappa shape index (κ1) is 18.6. The van der Waals surface area contributed by atoms with Crippen LogP contribution in [0.4, 0.5) is 8.78 Å². The van der Waals surface area contributed by atoms with Crippen molar-refractivity contribution in [2.45, 2.75) is 17.3 Å². The monoisotopic (exact) mass is 418 g/mol. The number of benzene rings is 2. The fourth-order valence-electron chi connectivity index (χ4n) is 2.62. The van der Waals surface area contributed by atoms with E-state index in [9.17, 15) is 13.6 Å². The first-order valence-corrected chi connectivity index (χ1v) is 9.64. The number of aromatic nitrogens is 4. The van der Waals surface area contributed by atoms with Crippen LogP contribution in [-0.4, -0.2) is 19.4 Å². The van der Waals surface area contributed by atoms with Gasteiger partial charge in [0, 0.05) is 10.8 Å². The molecule has 9 heteroatoms. The first-order chi connectivity index (χ1) is 13.5. The summed E-state index contributed by atoms with van der Waals surface area (Å²) >= 11 is 7.36. The molecule has 0 radical (unpaired) electrons. The van der Waals surface area contributed by atoms with E-state index in [-0.39, 0.29) is 6.54 Å². The van der Waals surface area contributed by atoms with Crippen LogP contribution in [0.15, 0.2) is 64.4 Å². The normalized spacial score (nSPS) is 11.2. The van der Waals surface area contributed by atoms with Gasteiger partial charge in [0.2, 0.25) is 0 Å². The molecule has 0 unspecified atom stereocenters. The summed E-state index contributed by atoms with van der Waals surface area (Å²) in [5.74, 6) is -1.23. The van der Waals surface area contributed by atoms with Crippen LogP contribution in [0.3, 0.4) is 0 Å². The van der Waals surface area contributed by atoms with E-state index in [1.54, 1.807) is 12.1 Å². The van der Waals surface area contributed by atoms with Crippen LogP contribution in [0.5, 0.6) is 0 Å². The zero-order valence-electron chi connectivity index (χ0n) is 14.3. The van der Waals surface area contributed by atoms with E-state index in [0.717, 1.165) is 17.7 Å². The number of halogens is 3. The molecule has 0 spiro atoms. The maximum atomic E-state index is 13.4. The van der Waals surface area contributed by atoms with Crippen LogP contribution in [-0.2, 0) is 12.3 Å². The number of hydrogen-bond donors (Lipinski definition) is 0. The first-order valence-electron chi connectivity index (χ1n) is 8.28. The van der Waals surface area contributed by atoms with Crippen LogP contribution >= 0.6 is 23.4 Å². The molecular formula is C19H13ClF2N4OS. The van der Waals surface area contributed by atoms with Crippen LogP contribution in [0.25, 0.3) is 5.65 Å². The predicted molar refractivity (Wildman–Crippen MR) is 104 cm³/mol. The zero-order valence-corrected chi connectivity index (χ0v) is 15.9. The topological polar surface area (TPSA) is 52.2 Å². The van der Waals surface area contributed by atoms with Gasteiger partial charge in [-0.15, -0.1) is 5.10 Å². The van der Waals surface area contributed by atoms with Gasteiger partial charge in [0.05, 0.1) is 6.54 Å². The summed E-state index contributed by atoms with van der Waals surface area (Å²) in [6.07, 6.45) is 0. The maximum absolute atomic E-state index is 13.4. The molecule has 2 aromatic carbocycles. The van der Waals surface area contributed by atoms with Crippen LogP contribution < -0.4 is 5.69 Å². The minimum Gasteiger partial charge on any atom is -0.244 e. The number of hydrogen-bond acceptors (Lipinski definition) is 4. The van der Waals surface area contributed by atoms with Crippen molar-refractivity contribution in [1.29, 1.82) is 0 Å². The van der Waals surface area contributed by atoms with E-state index in [4.69, 9.17) is 11.6 Å². The van der Waals surface area contributed by atoms with E-state index in [0.29, 0.717) is 27.0 Å². The Bertz CT molecular complexity index is 1210. The molecule has 0 amide bonds. The summed E-state index contributed by atoms with van der Waals surface area (Å²) in [4.78, 5) is 12.6. The van der Waals surface area contributed by atoms with Crippen molar-refractivity contribution in [2.75, 3.05) is 0 Å². The van der Waals surface area contributed by atoms with Gasteiger partial charge in [0.15, 0.2) is 17.3 Å². The van der Waals surface area contributed by atoms with Crippen LogP contribution in [0.2, 0.25) is 5.02 Å². The standard InChI is InChI=1S/C19H13ClF2N4OS/c20-14-4-1-12(2-5-14)11-28-18-8-7-17-23-25(19(27)26(17)24-18)10-13-3-6-15(21)16(22)9-13/h1-9H,10-11H2. The van der Waals surface area contributed by atoms with Crippen LogP contribution in [0, 0.1) is 11.6 Å². The van der Waals surface area contributed by atoms with Gasteiger partial charge in [-0.05, 0) is 47.5 Å². The Morgan fingerprint density at radius 1 is 0.929 bits per heavy atom. The Morgan fingerprint density at radius 2 is 1.68 bits per heavy atom. The van der Waals surface area contributed by atoms with Crippen LogP contribution in [0.1, 0.15) is 11.1 Å². The minimum atomic E-state index is -0.965. The lowest BCUT2D eigenvalue weighted by molar-refractivity contribution is 0.505. The molecule has 0 saturated carbocycles. The molecule has 5 nitrogen and oxygen atoms in total. The molecule has 2 aromatic heterocycles. The third-order valence-electron chi connectivity index (χ3n) is 4.03. The molecule has 142 valence electrons. The van der Waals surface area contributed by atoms with Gasteiger partial charge in [-0.2, -0.15) is 9.61 Å². The molecule has 0 aliphatic rings. The van der Waals surface area contributed by atoms with Gasteiger partial charge >= 0.3 is 5.69 Å². The van der Waals surface area contributed by atoms with Crippen molar-refractivity contribution >= 4 is 29.0 Å². The van der Waals surface area contributed by atoms with E-state index >= 15 is 0 Å². The number of fused-ring (bicyclic) bond motifs is 1. The fraction of sp³-hybridized carbons (Fsp3) is 0.105. The smallest absolute Gasteiger partial charge is 0.244 e. The van der Waals surface area contributed by atoms with Gasteiger partial charge in [0.1, 0.15) is 5.03 Å². The Kier molecular flexibility index (Phi) is 5.15. The van der Waals surface area contributed by atoms with Crippen molar-refractivity contribution in [3.63, 3.8) is 0 Å². The Balaban J connectivity index is 1.56. The molecule has 0 N–H and O–H groups in total. The van der Waals surface area contributed by atoms with Gasteiger partial charge in [-0.25, -0.2) is 18.3 Å². The van der Waals surface area contributed by atoms with Crippen molar-refractivity contribution < 1.29 is 8.78 Å². The molecule has 4 aromatic rings. The highest BCUT2D eigenvalue weighted by Crippen LogP contribution is 2.21. The summed E-state index contributed by atoms with van der Waals surface area (Å²) < 4.78 is 28.8. The van der Waals surface area contributed by atoms with Gasteiger partial charge in [-0.3, -0.25) is 0 Å². The molecular weight excluding hydrogens is 406 g/mol. The maximum Gasteiger partial charge on any atom is 0.367 e. The minimum absolute atomic E-state index is 0.0205. The summed E-state index contributed by atoms with van der Waals surface area (Å²) in [7, 11) is 0. The summed E-state index contributed by atoms with van der Waals surface area (Å²) in [6.45, 7) is 0.0205. The van der Waals surface area contributed by atoms with E-state index in [1.165, 1.54) is 27.0 Å². The summed E-state index contributed by atoms with van der Waals surface area (Å²) in [6, 6.07) is 14.5. The lowest BCUT2D eigenvalue weighted by Crippen LogP contribution is -2.23. The Labute approximate surface area is 167 Å². The molecule has 0 fully saturated rings. The van der Waals surface area contributed by atoms with Gasteiger partial charge in [-0.1, -0.05) is 41.6 Å². The lowest BCUT2D eigenvalue weighted by Gasteiger charge is -2.01. The summed E-state index contributed by atoms with van der Waals surface area (Å²) in [5.41, 5.74) is 1.44. The molecule has 0 saturated heterocycles. The van der Waals surface area contributed by atoms with Gasteiger partial charge < -0.3 is 0 Å². The van der Waals surface area contributed by atoms with E-state index in [1.807, 2.05) is 24.3 Å². The molecule has 0 atom stereocenters.